The van der Waals surface area contributed by atoms with Crippen LogP contribution >= 0.6 is 12.4 Å². The van der Waals surface area contributed by atoms with Gasteiger partial charge in [-0.05, 0) is 27.3 Å². The zero-order chi connectivity index (χ0) is 13.3. The summed E-state index contributed by atoms with van der Waals surface area (Å²) < 4.78 is 28.2. The molecule has 1 aliphatic rings. The monoisotopic (exact) mass is 308 g/mol. The first-order valence-electron chi connectivity index (χ1n) is 6.20. The van der Waals surface area contributed by atoms with E-state index in [0.717, 1.165) is 18.8 Å². The minimum atomic E-state index is -3.43. The van der Waals surface area contributed by atoms with Crippen LogP contribution in [0.2, 0.25) is 0 Å². The third-order valence-corrected chi connectivity index (χ3v) is 5.19. The molecular weight excluding hydrogens is 288 g/mol. The fraction of sp³-hybridized carbons (Fsp3) is 0.727. The molecule has 0 aliphatic carbocycles. The van der Waals surface area contributed by atoms with Crippen LogP contribution in [0.3, 0.4) is 0 Å². The number of hydrogen-bond acceptors (Lipinski definition) is 4. The van der Waals surface area contributed by atoms with Gasteiger partial charge in [-0.3, -0.25) is 0 Å². The Morgan fingerprint density at radius 2 is 2.21 bits per heavy atom. The molecule has 1 aromatic heterocycles. The number of nitrogens with one attached hydrogen (secondary N) is 1. The summed E-state index contributed by atoms with van der Waals surface area (Å²) in [4.78, 5) is 4.16. The van der Waals surface area contributed by atoms with E-state index < -0.39 is 10.0 Å². The minimum absolute atomic E-state index is 0. The lowest BCUT2D eigenvalue weighted by atomic mass is 10.3. The van der Waals surface area contributed by atoms with Gasteiger partial charge in [-0.1, -0.05) is 0 Å². The highest BCUT2D eigenvalue weighted by molar-refractivity contribution is 7.89. The van der Waals surface area contributed by atoms with Crippen molar-refractivity contribution in [1.29, 1.82) is 0 Å². The van der Waals surface area contributed by atoms with Gasteiger partial charge in [0.1, 0.15) is 5.82 Å². The van der Waals surface area contributed by atoms with E-state index in [4.69, 9.17) is 0 Å². The van der Waals surface area contributed by atoms with Crippen LogP contribution in [0.1, 0.15) is 19.2 Å². The van der Waals surface area contributed by atoms with Crippen LogP contribution in [0.5, 0.6) is 0 Å². The van der Waals surface area contributed by atoms with Gasteiger partial charge in [-0.25, -0.2) is 13.4 Å². The van der Waals surface area contributed by atoms with Crippen LogP contribution in [-0.2, 0) is 16.6 Å². The number of imidazole rings is 1. The Balaban J connectivity index is 0.00000180. The van der Waals surface area contributed by atoms with Gasteiger partial charge < -0.3 is 9.88 Å². The second-order valence-corrected chi connectivity index (χ2v) is 6.43. The summed E-state index contributed by atoms with van der Waals surface area (Å²) >= 11 is 0. The zero-order valence-corrected chi connectivity index (χ0v) is 13.1. The Kier molecular flexibility index (Phi) is 5.37. The second-order valence-electron chi connectivity index (χ2n) is 4.55. The van der Waals surface area contributed by atoms with E-state index in [2.05, 4.69) is 10.3 Å². The molecule has 2 rings (SSSR count). The molecule has 8 heteroatoms. The van der Waals surface area contributed by atoms with E-state index in [1.165, 1.54) is 4.31 Å². The summed E-state index contributed by atoms with van der Waals surface area (Å²) in [5, 5.41) is 3.28. The summed E-state index contributed by atoms with van der Waals surface area (Å²) in [6.07, 6.45) is 2.47. The molecule has 1 aromatic rings. The number of hydrogen-bond donors (Lipinski definition) is 1. The van der Waals surface area contributed by atoms with Gasteiger partial charge in [0.15, 0.2) is 5.03 Å². The molecule has 19 heavy (non-hydrogen) atoms. The number of aryl methyl sites for hydroxylation is 2. The molecule has 1 atom stereocenters. The van der Waals surface area contributed by atoms with Crippen LogP contribution in [0.4, 0.5) is 0 Å². The van der Waals surface area contributed by atoms with Gasteiger partial charge >= 0.3 is 0 Å². The summed E-state index contributed by atoms with van der Waals surface area (Å²) in [5.41, 5.74) is 0. The van der Waals surface area contributed by atoms with Crippen LogP contribution in [0.15, 0.2) is 11.2 Å². The summed E-state index contributed by atoms with van der Waals surface area (Å²) in [6, 6.07) is 0.245. The summed E-state index contributed by atoms with van der Waals surface area (Å²) in [6.45, 7) is 5.61. The molecule has 6 nitrogen and oxygen atoms in total. The van der Waals surface area contributed by atoms with E-state index in [1.54, 1.807) is 6.20 Å². The van der Waals surface area contributed by atoms with E-state index in [-0.39, 0.29) is 23.5 Å². The molecule has 0 bridgehead atoms. The van der Waals surface area contributed by atoms with Crippen molar-refractivity contribution in [2.75, 3.05) is 20.1 Å². The van der Waals surface area contributed by atoms with Crippen LogP contribution < -0.4 is 5.32 Å². The van der Waals surface area contributed by atoms with Crippen molar-refractivity contribution in [1.82, 2.24) is 19.2 Å². The molecule has 110 valence electrons. The quantitative estimate of drug-likeness (QED) is 0.885. The predicted molar refractivity (Wildman–Crippen MR) is 76.1 cm³/mol. The van der Waals surface area contributed by atoms with Gasteiger partial charge in [0.05, 0.1) is 0 Å². The predicted octanol–water partition coefficient (Wildman–Crippen LogP) is 0.616. The molecule has 2 heterocycles. The first-order valence-corrected chi connectivity index (χ1v) is 7.64. The highest BCUT2D eigenvalue weighted by atomic mass is 35.5. The average molecular weight is 309 g/mol. The first-order chi connectivity index (χ1) is 8.48. The lowest BCUT2D eigenvalue weighted by Crippen LogP contribution is -2.33. The zero-order valence-electron chi connectivity index (χ0n) is 11.5. The van der Waals surface area contributed by atoms with Crippen molar-refractivity contribution in [3.63, 3.8) is 0 Å². The largest absolute Gasteiger partial charge is 0.334 e. The minimum Gasteiger partial charge on any atom is -0.334 e. The first kappa shape index (κ1) is 16.4. The van der Waals surface area contributed by atoms with Crippen molar-refractivity contribution >= 4 is 22.4 Å². The van der Waals surface area contributed by atoms with Crippen molar-refractivity contribution < 1.29 is 8.42 Å². The lowest BCUT2D eigenvalue weighted by molar-refractivity contribution is 0.462. The summed E-state index contributed by atoms with van der Waals surface area (Å²) in [7, 11) is -1.57. The fourth-order valence-electron chi connectivity index (χ4n) is 2.24. The Morgan fingerprint density at radius 1 is 1.53 bits per heavy atom. The smallest absolute Gasteiger partial charge is 0.262 e. The summed E-state index contributed by atoms with van der Waals surface area (Å²) in [5.74, 6) is 0.737. The highest BCUT2D eigenvalue weighted by Gasteiger charge is 2.33. The second kappa shape index (κ2) is 6.21. The molecule has 1 fully saturated rings. The number of nitrogens with zero attached hydrogens (tertiary/aromatic N) is 3. The number of halogens is 1. The van der Waals surface area contributed by atoms with E-state index in [0.29, 0.717) is 13.1 Å². The Hall–Kier alpha value is -0.630. The molecule has 0 radical (unpaired) electrons. The molecule has 0 aromatic carbocycles. The molecule has 0 spiro atoms. The maximum atomic E-state index is 12.4. The van der Waals surface area contributed by atoms with Crippen molar-refractivity contribution in [3.8, 4) is 0 Å². The number of sulfonamides is 1. The SMILES string of the molecule is CCn1cc(S(=O)(=O)N2CCC(NC)C2)nc1C.Cl. The van der Waals surface area contributed by atoms with E-state index >= 15 is 0 Å². The van der Waals surface area contributed by atoms with Crippen LogP contribution in [0.25, 0.3) is 0 Å². The number of likely N-dealkylation sites (N-methyl/N-ethyl adjacent to an activating group) is 1. The van der Waals surface area contributed by atoms with Crippen LogP contribution in [0, 0.1) is 6.92 Å². The van der Waals surface area contributed by atoms with Crippen LogP contribution in [-0.4, -0.2) is 48.5 Å². The maximum Gasteiger partial charge on any atom is 0.262 e. The van der Waals surface area contributed by atoms with E-state index in [1.807, 2.05) is 25.5 Å². The van der Waals surface area contributed by atoms with Crippen molar-refractivity contribution in [2.45, 2.75) is 37.9 Å². The standard InChI is InChI=1S/C11H20N4O2S.ClH/c1-4-14-8-11(13-9(14)2)18(16,17)15-6-5-10(7-15)12-3;/h8,10,12H,4-7H2,1-3H3;1H. The Morgan fingerprint density at radius 3 is 2.68 bits per heavy atom. The van der Waals surface area contributed by atoms with Gasteiger partial charge in [-0.2, -0.15) is 4.31 Å². The molecule has 1 saturated heterocycles. The van der Waals surface area contributed by atoms with E-state index in [9.17, 15) is 8.42 Å². The molecule has 1 unspecified atom stereocenters. The van der Waals surface area contributed by atoms with Gasteiger partial charge in [-0.15, -0.1) is 12.4 Å². The number of rotatable bonds is 4. The highest BCUT2D eigenvalue weighted by Crippen LogP contribution is 2.20. The van der Waals surface area contributed by atoms with Gasteiger partial charge in [0.25, 0.3) is 10.0 Å². The topological polar surface area (TPSA) is 67.2 Å². The molecular formula is C11H21ClN4O2S. The van der Waals surface area contributed by atoms with Gasteiger partial charge in [0.2, 0.25) is 0 Å². The van der Waals surface area contributed by atoms with Gasteiger partial charge in [0, 0.05) is 31.9 Å². The number of aromatic nitrogens is 2. The third-order valence-electron chi connectivity index (χ3n) is 3.46. The molecule has 1 N–H and O–H groups in total. The molecule has 1 aliphatic heterocycles. The lowest BCUT2D eigenvalue weighted by Gasteiger charge is -2.14. The molecule has 0 saturated carbocycles. The van der Waals surface area contributed by atoms with Crippen molar-refractivity contribution in [2.24, 2.45) is 0 Å². The third kappa shape index (κ3) is 3.10. The van der Waals surface area contributed by atoms with Crippen molar-refractivity contribution in [3.05, 3.63) is 12.0 Å². The fourth-order valence-corrected chi connectivity index (χ4v) is 3.73. The Bertz CT molecular complexity index is 529. The normalized spacial score (nSPS) is 20.5. The molecule has 0 amide bonds. The Labute approximate surface area is 120 Å². The maximum absolute atomic E-state index is 12.4. The average Bonchev–Trinajstić information content (AvgIpc) is 2.95.